The largest absolute Gasteiger partial charge is 0.396 e. The minimum atomic E-state index is 0.0987. The molecule has 0 aromatic heterocycles. The molecule has 0 saturated heterocycles. The second-order valence-electron chi connectivity index (χ2n) is 7.26. The smallest absolute Gasteiger partial charge is 0.0490 e. The predicted octanol–water partition coefficient (Wildman–Crippen LogP) is 1.52. The fourth-order valence-corrected chi connectivity index (χ4v) is 6.01. The van der Waals surface area contributed by atoms with Gasteiger partial charge in [0.05, 0.1) is 0 Å². The average molecular weight is 207 g/mol. The minimum absolute atomic E-state index is 0.0987. The van der Waals surface area contributed by atoms with Crippen LogP contribution in [-0.4, -0.2) is 17.3 Å². The van der Waals surface area contributed by atoms with E-state index in [4.69, 9.17) is 5.73 Å². The maximum atomic E-state index is 9.63. The summed E-state index contributed by atoms with van der Waals surface area (Å²) >= 11 is 0. The van der Waals surface area contributed by atoms with Crippen molar-refractivity contribution in [3.05, 3.63) is 0 Å². The van der Waals surface area contributed by atoms with Gasteiger partial charge in [0.15, 0.2) is 0 Å². The summed E-state index contributed by atoms with van der Waals surface area (Å²) in [5, 5.41) is 9.63. The Labute approximate surface area is 91.2 Å². The normalized spacial score (nSPS) is 69.4. The van der Waals surface area contributed by atoms with Gasteiger partial charge in [-0.25, -0.2) is 0 Å². The molecule has 0 aromatic carbocycles. The molecule has 0 aliphatic heterocycles. The SMILES string of the molecule is CC1(N)CC2CC3C(CO)(C2)CC32CC12. The molecule has 6 unspecified atom stereocenters. The number of fused-ring (bicyclic) bond motifs is 1. The maximum Gasteiger partial charge on any atom is 0.0490 e. The highest BCUT2D eigenvalue weighted by molar-refractivity contribution is 5.29. The van der Waals surface area contributed by atoms with Crippen molar-refractivity contribution in [2.24, 2.45) is 34.3 Å². The monoisotopic (exact) mass is 207 g/mol. The Hall–Kier alpha value is -0.0800. The zero-order valence-electron chi connectivity index (χ0n) is 9.50. The number of hydrogen-bond donors (Lipinski definition) is 2. The van der Waals surface area contributed by atoms with E-state index in [-0.39, 0.29) is 5.54 Å². The second-order valence-corrected chi connectivity index (χ2v) is 7.26. The lowest BCUT2D eigenvalue weighted by molar-refractivity contribution is -0.0903. The van der Waals surface area contributed by atoms with E-state index in [1.54, 1.807) is 0 Å². The molecule has 0 radical (unpaired) electrons. The molecule has 4 fully saturated rings. The lowest BCUT2D eigenvalue weighted by Crippen LogP contribution is -2.53. The summed E-state index contributed by atoms with van der Waals surface area (Å²) in [7, 11) is 0. The molecule has 4 aliphatic carbocycles. The van der Waals surface area contributed by atoms with Gasteiger partial charge in [-0.3, -0.25) is 0 Å². The highest BCUT2D eigenvalue weighted by Gasteiger charge is 2.79. The first-order valence-corrected chi connectivity index (χ1v) is 6.42. The quantitative estimate of drug-likeness (QED) is 0.685. The van der Waals surface area contributed by atoms with Crippen LogP contribution in [0.15, 0.2) is 0 Å². The summed E-state index contributed by atoms with van der Waals surface area (Å²) in [6.07, 6.45) is 6.48. The number of aliphatic hydroxyl groups excluding tert-OH is 1. The molecular weight excluding hydrogens is 186 g/mol. The molecule has 1 spiro atoms. The molecule has 2 nitrogen and oxygen atoms in total. The van der Waals surface area contributed by atoms with E-state index in [1.165, 1.54) is 32.1 Å². The van der Waals surface area contributed by atoms with E-state index >= 15 is 0 Å². The van der Waals surface area contributed by atoms with Crippen LogP contribution in [-0.2, 0) is 0 Å². The first kappa shape index (κ1) is 9.00. The van der Waals surface area contributed by atoms with Gasteiger partial charge >= 0.3 is 0 Å². The molecule has 4 saturated carbocycles. The lowest BCUT2D eigenvalue weighted by Gasteiger charge is -2.54. The number of hydrogen-bond acceptors (Lipinski definition) is 2. The van der Waals surface area contributed by atoms with Crippen molar-refractivity contribution in [1.29, 1.82) is 0 Å². The molecule has 2 heteroatoms. The van der Waals surface area contributed by atoms with Crippen LogP contribution in [0.4, 0.5) is 0 Å². The van der Waals surface area contributed by atoms with Crippen molar-refractivity contribution in [1.82, 2.24) is 0 Å². The Morgan fingerprint density at radius 3 is 2.80 bits per heavy atom. The molecule has 84 valence electrons. The van der Waals surface area contributed by atoms with Crippen molar-refractivity contribution in [3.63, 3.8) is 0 Å². The van der Waals surface area contributed by atoms with Crippen molar-refractivity contribution in [2.45, 2.75) is 44.6 Å². The second kappa shape index (κ2) is 2.14. The number of aliphatic hydroxyl groups is 1. The van der Waals surface area contributed by atoms with Gasteiger partial charge in [-0.05, 0) is 67.6 Å². The van der Waals surface area contributed by atoms with Gasteiger partial charge in [0.1, 0.15) is 0 Å². The topological polar surface area (TPSA) is 46.2 Å². The van der Waals surface area contributed by atoms with Crippen molar-refractivity contribution in [2.75, 3.05) is 6.61 Å². The summed E-state index contributed by atoms with van der Waals surface area (Å²) < 4.78 is 0. The fourth-order valence-electron chi connectivity index (χ4n) is 6.01. The van der Waals surface area contributed by atoms with E-state index < -0.39 is 0 Å². The van der Waals surface area contributed by atoms with Crippen molar-refractivity contribution < 1.29 is 5.11 Å². The highest BCUT2D eigenvalue weighted by atomic mass is 16.3. The van der Waals surface area contributed by atoms with Gasteiger partial charge in [0.2, 0.25) is 0 Å². The Morgan fingerprint density at radius 2 is 2.07 bits per heavy atom. The minimum Gasteiger partial charge on any atom is -0.396 e. The Kier molecular flexibility index (Phi) is 1.29. The molecule has 3 N–H and O–H groups in total. The standard InChI is InChI=1S/C13H21NO/c1-11(14)3-8-2-9-12(4-8,7-15)6-13(9)5-10(11)13/h8-10,15H,2-7,14H2,1H3. The summed E-state index contributed by atoms with van der Waals surface area (Å²) in [5.41, 5.74) is 7.52. The van der Waals surface area contributed by atoms with Gasteiger partial charge in [0.25, 0.3) is 0 Å². The third-order valence-corrected chi connectivity index (χ3v) is 6.34. The summed E-state index contributed by atoms with van der Waals surface area (Å²) in [6, 6.07) is 0. The molecule has 15 heavy (non-hydrogen) atoms. The van der Waals surface area contributed by atoms with Crippen LogP contribution in [0.5, 0.6) is 0 Å². The molecule has 4 rings (SSSR count). The van der Waals surface area contributed by atoms with Crippen LogP contribution in [0.3, 0.4) is 0 Å². The summed E-state index contributed by atoms with van der Waals surface area (Å²) in [6.45, 7) is 2.70. The Bertz CT molecular complexity index is 339. The van der Waals surface area contributed by atoms with Gasteiger partial charge in [-0.2, -0.15) is 0 Å². The number of nitrogens with two attached hydrogens (primary N) is 1. The van der Waals surface area contributed by atoms with Crippen LogP contribution < -0.4 is 5.73 Å². The molecule has 0 aromatic rings. The molecule has 2 bridgehead atoms. The zero-order valence-corrected chi connectivity index (χ0v) is 9.50. The Morgan fingerprint density at radius 1 is 1.27 bits per heavy atom. The summed E-state index contributed by atoms with van der Waals surface area (Å²) in [4.78, 5) is 0. The first-order valence-electron chi connectivity index (χ1n) is 6.42. The third-order valence-electron chi connectivity index (χ3n) is 6.34. The van der Waals surface area contributed by atoms with E-state index in [0.717, 1.165) is 17.8 Å². The van der Waals surface area contributed by atoms with E-state index in [2.05, 4.69) is 6.92 Å². The van der Waals surface area contributed by atoms with E-state index in [9.17, 15) is 5.11 Å². The van der Waals surface area contributed by atoms with Gasteiger partial charge in [-0.15, -0.1) is 0 Å². The number of rotatable bonds is 1. The van der Waals surface area contributed by atoms with Crippen molar-refractivity contribution >= 4 is 0 Å². The molecule has 4 aliphatic rings. The third kappa shape index (κ3) is 0.794. The van der Waals surface area contributed by atoms with E-state index in [1.807, 2.05) is 0 Å². The molecule has 0 amide bonds. The van der Waals surface area contributed by atoms with Gasteiger partial charge < -0.3 is 10.8 Å². The van der Waals surface area contributed by atoms with Crippen LogP contribution in [0.1, 0.15) is 39.0 Å². The molecular formula is C13H21NO. The fraction of sp³-hybridized carbons (Fsp3) is 1.00. The predicted molar refractivity (Wildman–Crippen MR) is 58.1 cm³/mol. The van der Waals surface area contributed by atoms with Crippen LogP contribution in [0.25, 0.3) is 0 Å². The lowest BCUT2D eigenvalue weighted by atomic mass is 9.51. The highest BCUT2D eigenvalue weighted by Crippen LogP contribution is 2.84. The van der Waals surface area contributed by atoms with Gasteiger partial charge in [0, 0.05) is 12.1 Å². The average Bonchev–Trinajstić information content (AvgIpc) is 2.83. The van der Waals surface area contributed by atoms with Crippen LogP contribution in [0.2, 0.25) is 0 Å². The zero-order chi connectivity index (χ0) is 10.5. The van der Waals surface area contributed by atoms with Crippen molar-refractivity contribution in [3.8, 4) is 0 Å². The maximum absolute atomic E-state index is 9.63. The Balaban J connectivity index is 1.76. The first-order chi connectivity index (χ1) is 7.02. The molecule has 6 atom stereocenters. The van der Waals surface area contributed by atoms with Gasteiger partial charge in [-0.1, -0.05) is 0 Å². The summed E-state index contributed by atoms with van der Waals surface area (Å²) in [5.74, 6) is 2.42. The van der Waals surface area contributed by atoms with E-state index in [0.29, 0.717) is 17.4 Å². The van der Waals surface area contributed by atoms with Crippen LogP contribution >= 0.6 is 0 Å². The molecule has 0 heterocycles. The van der Waals surface area contributed by atoms with Crippen LogP contribution in [0, 0.1) is 28.6 Å².